The van der Waals surface area contributed by atoms with Crippen LogP contribution < -0.4 is 5.73 Å². The Labute approximate surface area is 83.4 Å². The van der Waals surface area contributed by atoms with Gasteiger partial charge in [-0.2, -0.15) is 0 Å². The van der Waals surface area contributed by atoms with Gasteiger partial charge in [-0.3, -0.25) is 4.79 Å². The Kier molecular flexibility index (Phi) is 2.12. The Morgan fingerprint density at radius 1 is 1.43 bits per heavy atom. The maximum absolute atomic E-state index is 10.8. The van der Waals surface area contributed by atoms with Gasteiger partial charge in [0.05, 0.1) is 0 Å². The van der Waals surface area contributed by atoms with Crippen molar-refractivity contribution in [2.45, 2.75) is 19.8 Å². The zero-order valence-electron chi connectivity index (χ0n) is 8.21. The highest BCUT2D eigenvalue weighted by Gasteiger charge is 2.17. The fraction of sp³-hybridized carbons (Fsp3) is 0.250. The van der Waals surface area contributed by atoms with Crippen LogP contribution in [0, 0.1) is 6.92 Å². The second-order valence-corrected chi connectivity index (χ2v) is 3.68. The predicted octanol–water partition coefficient (Wildman–Crippen LogP) is 1.81. The van der Waals surface area contributed by atoms with Crippen molar-refractivity contribution in [1.82, 2.24) is 0 Å². The Balaban J connectivity index is 2.53. The minimum absolute atomic E-state index is 0.351. The number of carbonyl (C=O) groups is 1. The summed E-state index contributed by atoms with van der Waals surface area (Å²) >= 11 is 0. The van der Waals surface area contributed by atoms with Crippen LogP contribution in [0.25, 0.3) is 5.57 Å². The quantitative estimate of drug-likeness (QED) is 0.669. The van der Waals surface area contributed by atoms with Gasteiger partial charge in [-0.15, -0.1) is 0 Å². The molecule has 0 heterocycles. The number of allylic oxidation sites excluding steroid dienone is 1. The van der Waals surface area contributed by atoms with E-state index in [2.05, 4.69) is 25.1 Å². The molecule has 1 aromatic rings. The van der Waals surface area contributed by atoms with Gasteiger partial charge in [-0.1, -0.05) is 18.2 Å². The maximum atomic E-state index is 10.8. The van der Waals surface area contributed by atoms with Gasteiger partial charge in [0.1, 0.15) is 0 Å². The molecule has 0 aromatic heterocycles. The summed E-state index contributed by atoms with van der Waals surface area (Å²) in [7, 11) is 0. The highest BCUT2D eigenvalue weighted by molar-refractivity contribution is 5.95. The molecule has 2 heteroatoms. The first-order chi connectivity index (χ1) is 6.68. The standard InChI is InChI=1S/C12H13NO/c1-8-3-2-4-9-5-6-10(12(8)9)7-11(13)14/h2-4,7H,5-6H2,1H3,(H2,13,14)/b10-7+. The van der Waals surface area contributed by atoms with E-state index < -0.39 is 0 Å². The van der Waals surface area contributed by atoms with Crippen LogP contribution in [0.3, 0.4) is 0 Å². The molecule has 0 saturated heterocycles. The zero-order chi connectivity index (χ0) is 10.1. The van der Waals surface area contributed by atoms with Crippen molar-refractivity contribution >= 4 is 11.5 Å². The zero-order valence-corrected chi connectivity index (χ0v) is 8.21. The van der Waals surface area contributed by atoms with E-state index in [-0.39, 0.29) is 5.91 Å². The lowest BCUT2D eigenvalue weighted by molar-refractivity contribution is -0.113. The molecule has 0 bridgehead atoms. The number of aryl methyl sites for hydroxylation is 2. The van der Waals surface area contributed by atoms with Crippen LogP contribution in [0.2, 0.25) is 0 Å². The molecule has 0 unspecified atom stereocenters. The molecule has 1 amide bonds. The molecule has 0 aliphatic heterocycles. The fourth-order valence-corrected chi connectivity index (χ4v) is 2.11. The first-order valence-corrected chi connectivity index (χ1v) is 4.77. The molecule has 1 aliphatic rings. The van der Waals surface area contributed by atoms with Crippen molar-refractivity contribution in [2.75, 3.05) is 0 Å². The SMILES string of the molecule is Cc1cccc2c1/C(=C/C(N)=O)CC2. The summed E-state index contributed by atoms with van der Waals surface area (Å²) in [5, 5.41) is 0. The second kappa shape index (κ2) is 3.29. The van der Waals surface area contributed by atoms with Gasteiger partial charge in [0, 0.05) is 6.08 Å². The number of hydrogen-bond acceptors (Lipinski definition) is 1. The molecule has 2 N–H and O–H groups in total. The van der Waals surface area contributed by atoms with E-state index in [0.29, 0.717) is 0 Å². The molecule has 2 nitrogen and oxygen atoms in total. The summed E-state index contributed by atoms with van der Waals surface area (Å²) < 4.78 is 0. The van der Waals surface area contributed by atoms with Gasteiger partial charge in [0.2, 0.25) is 5.91 Å². The monoisotopic (exact) mass is 187 g/mol. The average Bonchev–Trinajstić information content (AvgIpc) is 2.49. The van der Waals surface area contributed by atoms with Crippen molar-refractivity contribution in [1.29, 1.82) is 0 Å². The van der Waals surface area contributed by atoms with Gasteiger partial charge in [0.25, 0.3) is 0 Å². The lowest BCUT2D eigenvalue weighted by Gasteiger charge is -2.04. The van der Waals surface area contributed by atoms with Crippen LogP contribution in [-0.4, -0.2) is 5.91 Å². The molecule has 0 fully saturated rings. The fourth-order valence-electron chi connectivity index (χ4n) is 2.11. The number of benzene rings is 1. The Hall–Kier alpha value is -1.57. The average molecular weight is 187 g/mol. The summed E-state index contributed by atoms with van der Waals surface area (Å²) in [5.74, 6) is -0.351. The van der Waals surface area contributed by atoms with Gasteiger partial charge in [0.15, 0.2) is 0 Å². The number of amides is 1. The number of nitrogens with two attached hydrogens (primary N) is 1. The highest BCUT2D eigenvalue weighted by Crippen LogP contribution is 2.34. The van der Waals surface area contributed by atoms with E-state index in [1.165, 1.54) is 16.7 Å². The first kappa shape index (κ1) is 9.00. The molecule has 2 rings (SSSR count). The molecule has 1 aliphatic carbocycles. The van der Waals surface area contributed by atoms with Crippen molar-refractivity contribution < 1.29 is 4.79 Å². The summed E-state index contributed by atoms with van der Waals surface area (Å²) in [6, 6.07) is 6.24. The molecule has 0 saturated carbocycles. The lowest BCUT2D eigenvalue weighted by Crippen LogP contribution is -2.06. The van der Waals surface area contributed by atoms with Crippen molar-refractivity contribution in [2.24, 2.45) is 5.73 Å². The Morgan fingerprint density at radius 3 is 2.93 bits per heavy atom. The molecule has 14 heavy (non-hydrogen) atoms. The number of primary amides is 1. The van der Waals surface area contributed by atoms with Gasteiger partial charge >= 0.3 is 0 Å². The number of carbonyl (C=O) groups excluding carboxylic acids is 1. The molecule has 1 aromatic carbocycles. The Bertz CT molecular complexity index is 418. The maximum Gasteiger partial charge on any atom is 0.241 e. The van der Waals surface area contributed by atoms with Gasteiger partial charge in [-0.05, 0) is 42.0 Å². The van der Waals surface area contributed by atoms with Crippen LogP contribution in [0.4, 0.5) is 0 Å². The van der Waals surface area contributed by atoms with Gasteiger partial charge < -0.3 is 5.73 Å². The molecular formula is C12H13NO. The lowest BCUT2D eigenvalue weighted by atomic mass is 10.0. The minimum atomic E-state index is -0.351. The van der Waals surface area contributed by atoms with E-state index in [0.717, 1.165) is 18.4 Å². The summed E-state index contributed by atoms with van der Waals surface area (Å²) in [4.78, 5) is 10.8. The number of fused-ring (bicyclic) bond motifs is 1. The predicted molar refractivity (Wildman–Crippen MR) is 56.7 cm³/mol. The Morgan fingerprint density at radius 2 is 2.21 bits per heavy atom. The van der Waals surface area contributed by atoms with E-state index in [4.69, 9.17) is 5.73 Å². The third kappa shape index (κ3) is 1.43. The third-order valence-electron chi connectivity index (χ3n) is 2.66. The topological polar surface area (TPSA) is 43.1 Å². The molecular weight excluding hydrogens is 174 g/mol. The van der Waals surface area contributed by atoms with E-state index in [9.17, 15) is 4.79 Å². The smallest absolute Gasteiger partial charge is 0.241 e. The largest absolute Gasteiger partial charge is 0.366 e. The summed E-state index contributed by atoms with van der Waals surface area (Å²) in [6.07, 6.45) is 3.51. The van der Waals surface area contributed by atoms with Crippen LogP contribution in [0.15, 0.2) is 24.3 Å². The normalized spacial score (nSPS) is 17.1. The minimum Gasteiger partial charge on any atom is -0.366 e. The van der Waals surface area contributed by atoms with Crippen molar-refractivity contribution in [3.8, 4) is 0 Å². The number of rotatable bonds is 1. The van der Waals surface area contributed by atoms with Crippen LogP contribution in [0.5, 0.6) is 0 Å². The van der Waals surface area contributed by atoms with Crippen LogP contribution in [-0.2, 0) is 11.2 Å². The van der Waals surface area contributed by atoms with Crippen LogP contribution in [0.1, 0.15) is 23.1 Å². The van der Waals surface area contributed by atoms with Crippen LogP contribution >= 0.6 is 0 Å². The third-order valence-corrected chi connectivity index (χ3v) is 2.66. The van der Waals surface area contributed by atoms with Gasteiger partial charge in [-0.25, -0.2) is 0 Å². The summed E-state index contributed by atoms with van der Waals surface area (Å²) in [5.41, 5.74) is 10.0. The van der Waals surface area contributed by atoms with Crippen molar-refractivity contribution in [3.63, 3.8) is 0 Å². The number of hydrogen-bond donors (Lipinski definition) is 1. The highest BCUT2D eigenvalue weighted by atomic mass is 16.1. The molecule has 0 radical (unpaired) electrons. The summed E-state index contributed by atoms with van der Waals surface area (Å²) in [6.45, 7) is 2.07. The van der Waals surface area contributed by atoms with E-state index >= 15 is 0 Å². The van der Waals surface area contributed by atoms with Crippen molar-refractivity contribution in [3.05, 3.63) is 41.0 Å². The molecule has 0 atom stereocenters. The molecule has 0 spiro atoms. The van der Waals surface area contributed by atoms with E-state index in [1.807, 2.05) is 0 Å². The van der Waals surface area contributed by atoms with E-state index in [1.54, 1.807) is 6.08 Å². The second-order valence-electron chi connectivity index (χ2n) is 3.68. The first-order valence-electron chi connectivity index (χ1n) is 4.77. The molecule has 72 valence electrons.